The van der Waals surface area contributed by atoms with E-state index in [-0.39, 0.29) is 11.9 Å². The third-order valence-corrected chi connectivity index (χ3v) is 4.80. The van der Waals surface area contributed by atoms with E-state index >= 15 is 0 Å². The molecule has 138 valence electrons. The molecule has 0 spiro atoms. The van der Waals surface area contributed by atoms with Crippen LogP contribution in [0.1, 0.15) is 38.4 Å². The molecule has 1 aromatic rings. The lowest BCUT2D eigenvalue weighted by Crippen LogP contribution is -2.36. The van der Waals surface area contributed by atoms with Crippen molar-refractivity contribution in [1.29, 1.82) is 0 Å². The van der Waals surface area contributed by atoms with Crippen molar-refractivity contribution in [3.63, 3.8) is 0 Å². The Morgan fingerprint density at radius 3 is 3.00 bits per heavy atom. The van der Waals surface area contributed by atoms with Crippen molar-refractivity contribution in [3.8, 4) is 0 Å². The summed E-state index contributed by atoms with van der Waals surface area (Å²) in [5, 5.41) is 12.0. The van der Waals surface area contributed by atoms with E-state index in [1.807, 2.05) is 9.58 Å². The number of amides is 1. The number of rotatable bonds is 8. The summed E-state index contributed by atoms with van der Waals surface area (Å²) in [6.07, 6.45) is 7.69. The first kappa shape index (κ1) is 18.0. The van der Waals surface area contributed by atoms with Crippen LogP contribution in [0, 0.1) is 0 Å². The second kappa shape index (κ2) is 9.05. The molecule has 8 nitrogen and oxygen atoms in total. The normalized spacial score (nSPS) is 21.2. The van der Waals surface area contributed by atoms with Crippen LogP contribution in [0.2, 0.25) is 0 Å². The lowest BCUT2D eigenvalue weighted by atomic mass is 10.1. The lowest BCUT2D eigenvalue weighted by molar-refractivity contribution is -0.131. The molecule has 0 radical (unpaired) electrons. The minimum atomic E-state index is 0.228. The van der Waals surface area contributed by atoms with Crippen LogP contribution in [0.5, 0.6) is 0 Å². The van der Waals surface area contributed by atoms with Crippen LogP contribution in [-0.2, 0) is 22.6 Å². The van der Waals surface area contributed by atoms with Crippen LogP contribution in [-0.4, -0.2) is 74.8 Å². The maximum Gasteiger partial charge on any atom is 0.223 e. The first-order valence-corrected chi connectivity index (χ1v) is 9.29. The number of carbonyl (C=O) groups is 1. The molecule has 3 rings (SSSR count). The van der Waals surface area contributed by atoms with Crippen LogP contribution < -0.4 is 0 Å². The van der Waals surface area contributed by atoms with E-state index in [0.717, 1.165) is 64.5 Å². The van der Waals surface area contributed by atoms with Gasteiger partial charge in [0.2, 0.25) is 5.91 Å². The van der Waals surface area contributed by atoms with Gasteiger partial charge >= 0.3 is 0 Å². The number of ether oxygens (including phenoxy) is 1. The zero-order chi connectivity index (χ0) is 17.5. The van der Waals surface area contributed by atoms with E-state index in [9.17, 15) is 4.79 Å². The molecule has 1 saturated heterocycles. The zero-order valence-electron chi connectivity index (χ0n) is 15.0. The molecule has 0 saturated carbocycles. The predicted molar refractivity (Wildman–Crippen MR) is 92.7 cm³/mol. The molecule has 1 fully saturated rings. The van der Waals surface area contributed by atoms with Gasteiger partial charge in [-0.2, -0.15) is 0 Å². The number of aromatic nitrogens is 4. The van der Waals surface area contributed by atoms with Gasteiger partial charge in [0.05, 0.1) is 25.8 Å². The average molecular weight is 348 g/mol. The quantitative estimate of drug-likeness (QED) is 0.649. The molecule has 1 aromatic heterocycles. The Kier molecular flexibility index (Phi) is 6.52. The third-order valence-electron chi connectivity index (χ3n) is 4.80. The van der Waals surface area contributed by atoms with E-state index in [1.165, 1.54) is 0 Å². The van der Waals surface area contributed by atoms with Crippen LogP contribution in [0.3, 0.4) is 0 Å². The van der Waals surface area contributed by atoms with Gasteiger partial charge in [-0.15, -0.1) is 5.10 Å². The summed E-state index contributed by atoms with van der Waals surface area (Å²) in [5.74, 6) is 1.09. The first-order valence-electron chi connectivity index (χ1n) is 9.29. The topological polar surface area (TPSA) is 76.4 Å². The van der Waals surface area contributed by atoms with Crippen LogP contribution in [0.4, 0.5) is 0 Å². The monoisotopic (exact) mass is 348 g/mol. The zero-order valence-corrected chi connectivity index (χ0v) is 15.0. The largest absolute Gasteiger partial charge is 0.379 e. The van der Waals surface area contributed by atoms with Gasteiger partial charge in [-0.3, -0.25) is 9.69 Å². The molecule has 1 amide bonds. The molecule has 2 aliphatic rings. The average Bonchev–Trinajstić information content (AvgIpc) is 3.26. The summed E-state index contributed by atoms with van der Waals surface area (Å²) in [6, 6.07) is 0.280. The van der Waals surface area contributed by atoms with Gasteiger partial charge < -0.3 is 9.64 Å². The summed E-state index contributed by atoms with van der Waals surface area (Å²) >= 11 is 0. The molecule has 8 heteroatoms. The first-order chi connectivity index (χ1) is 12.3. The summed E-state index contributed by atoms with van der Waals surface area (Å²) in [4.78, 5) is 16.7. The van der Waals surface area contributed by atoms with Gasteiger partial charge in [-0.05, 0) is 23.3 Å². The molecule has 1 atom stereocenters. The summed E-state index contributed by atoms with van der Waals surface area (Å²) < 4.78 is 7.20. The van der Waals surface area contributed by atoms with E-state index in [1.54, 1.807) is 0 Å². The van der Waals surface area contributed by atoms with Crippen molar-refractivity contribution in [1.82, 2.24) is 30.0 Å². The number of aryl methyl sites for hydroxylation is 1. The smallest absolute Gasteiger partial charge is 0.223 e. The highest BCUT2D eigenvalue weighted by Gasteiger charge is 2.23. The minimum Gasteiger partial charge on any atom is -0.379 e. The van der Waals surface area contributed by atoms with Gasteiger partial charge in [-0.25, -0.2) is 4.68 Å². The fourth-order valence-corrected chi connectivity index (χ4v) is 3.40. The fraction of sp³-hybridized carbons (Fsp3) is 0.765. The van der Waals surface area contributed by atoms with Crippen molar-refractivity contribution in [2.45, 2.75) is 51.7 Å². The number of morpholine rings is 1. The van der Waals surface area contributed by atoms with Crippen molar-refractivity contribution >= 4 is 5.91 Å². The number of hydrogen-bond donors (Lipinski definition) is 0. The molecule has 3 heterocycles. The van der Waals surface area contributed by atoms with E-state index < -0.39 is 0 Å². The Balaban J connectivity index is 1.44. The van der Waals surface area contributed by atoms with Gasteiger partial charge in [-0.1, -0.05) is 25.5 Å². The Bertz CT molecular complexity index is 581. The third kappa shape index (κ3) is 4.85. The number of carbonyl (C=O) groups excluding carboxylic acids is 1. The Hall–Kier alpha value is -1.80. The molecule has 2 aliphatic heterocycles. The van der Waals surface area contributed by atoms with Gasteiger partial charge in [0.15, 0.2) is 5.82 Å². The van der Waals surface area contributed by atoms with Crippen molar-refractivity contribution in [2.75, 3.05) is 32.8 Å². The lowest BCUT2D eigenvalue weighted by Gasteiger charge is -2.26. The van der Waals surface area contributed by atoms with Gasteiger partial charge in [0.25, 0.3) is 0 Å². The highest BCUT2D eigenvalue weighted by molar-refractivity contribution is 5.77. The van der Waals surface area contributed by atoms with Crippen molar-refractivity contribution < 1.29 is 9.53 Å². The highest BCUT2D eigenvalue weighted by Crippen LogP contribution is 2.16. The minimum absolute atomic E-state index is 0.228. The molecular formula is C17H28N6O2. The van der Waals surface area contributed by atoms with Crippen LogP contribution in [0.25, 0.3) is 0 Å². The molecule has 1 unspecified atom stereocenters. The van der Waals surface area contributed by atoms with Crippen molar-refractivity contribution in [2.24, 2.45) is 0 Å². The molecule has 25 heavy (non-hydrogen) atoms. The number of hydrogen-bond acceptors (Lipinski definition) is 6. The highest BCUT2D eigenvalue weighted by atomic mass is 16.5. The number of tetrazole rings is 1. The summed E-state index contributed by atoms with van der Waals surface area (Å²) in [7, 11) is 0. The Morgan fingerprint density at radius 2 is 2.20 bits per heavy atom. The Labute approximate surface area is 148 Å². The molecular weight excluding hydrogens is 320 g/mol. The summed E-state index contributed by atoms with van der Waals surface area (Å²) in [5.41, 5.74) is 0. The molecule has 0 N–H and O–H groups in total. The summed E-state index contributed by atoms with van der Waals surface area (Å²) in [6.45, 7) is 7.66. The van der Waals surface area contributed by atoms with E-state index in [4.69, 9.17) is 4.74 Å². The van der Waals surface area contributed by atoms with Gasteiger partial charge in [0, 0.05) is 32.6 Å². The fourth-order valence-electron chi connectivity index (χ4n) is 3.40. The standard InChI is InChI=1S/C17H28N6O2/c1-2-5-15-6-3-8-22(15)17(24)7-4-9-23-16(18-19-20-23)14-21-10-12-25-13-11-21/h3,6,15H,2,4-5,7-14H2,1H3. The maximum absolute atomic E-state index is 12.5. The van der Waals surface area contributed by atoms with Gasteiger partial charge in [0.1, 0.15) is 0 Å². The van der Waals surface area contributed by atoms with Crippen LogP contribution >= 0.6 is 0 Å². The maximum atomic E-state index is 12.5. The number of nitrogens with zero attached hydrogens (tertiary/aromatic N) is 6. The Morgan fingerprint density at radius 1 is 1.36 bits per heavy atom. The van der Waals surface area contributed by atoms with Crippen LogP contribution in [0.15, 0.2) is 12.2 Å². The van der Waals surface area contributed by atoms with Crippen molar-refractivity contribution in [3.05, 3.63) is 18.0 Å². The predicted octanol–water partition coefficient (Wildman–Crippen LogP) is 0.853. The van der Waals surface area contributed by atoms with E-state index in [2.05, 4.69) is 39.5 Å². The molecule has 0 aromatic carbocycles. The second-order valence-corrected chi connectivity index (χ2v) is 6.64. The second-order valence-electron chi connectivity index (χ2n) is 6.64. The molecule has 0 aliphatic carbocycles. The van der Waals surface area contributed by atoms with E-state index in [0.29, 0.717) is 13.0 Å². The SMILES string of the molecule is CCCC1C=CCN1C(=O)CCCn1nnnc1CN1CCOCC1. The molecule has 0 bridgehead atoms.